The summed E-state index contributed by atoms with van der Waals surface area (Å²) in [7, 11) is 0. The van der Waals surface area contributed by atoms with Gasteiger partial charge in [-0.05, 0) is 12.1 Å². The summed E-state index contributed by atoms with van der Waals surface area (Å²) in [5.74, 6) is 0.186. The number of hydrogen-bond donors (Lipinski definition) is 1. The molecule has 0 amide bonds. The van der Waals surface area contributed by atoms with Crippen LogP contribution in [0.25, 0.3) is 5.69 Å². The number of aromatic nitrogens is 1. The number of aromatic hydroxyl groups is 1. The Balaban J connectivity index is 2.34. The average Bonchev–Trinajstić information content (AvgIpc) is 2.30. The summed E-state index contributed by atoms with van der Waals surface area (Å²) in [5, 5.41) is 19.6. The Hall–Kier alpha value is -2.43. The van der Waals surface area contributed by atoms with E-state index >= 15 is 0 Å². The van der Waals surface area contributed by atoms with Crippen molar-refractivity contribution in [1.29, 1.82) is 0 Å². The van der Waals surface area contributed by atoms with E-state index in [4.69, 9.17) is 5.11 Å². The number of pyridine rings is 1. The van der Waals surface area contributed by atoms with Gasteiger partial charge in [0.05, 0.1) is 17.1 Å². The molecule has 0 saturated carbocycles. The molecule has 0 saturated heterocycles. The van der Waals surface area contributed by atoms with Crippen LogP contribution in [-0.2, 0) is 0 Å². The number of hydrogen-bond acceptors (Lipinski definition) is 3. The highest BCUT2D eigenvalue weighted by Crippen LogP contribution is 2.11. The molecule has 2 aromatic rings. The number of nitro groups is 1. The van der Waals surface area contributed by atoms with Gasteiger partial charge in [0.25, 0.3) is 5.69 Å². The highest BCUT2D eigenvalue weighted by molar-refractivity contribution is 5.31. The van der Waals surface area contributed by atoms with Crippen LogP contribution >= 0.6 is 0 Å². The normalized spacial score (nSPS) is 10.0. The smallest absolute Gasteiger partial charge is 0.281 e. The fourth-order valence-corrected chi connectivity index (χ4v) is 1.34. The Morgan fingerprint density at radius 3 is 2.12 bits per heavy atom. The molecular weight excluding hydrogens is 208 g/mol. The molecule has 80 valence electrons. The quantitative estimate of drug-likeness (QED) is 0.471. The molecule has 0 aliphatic carbocycles. The van der Waals surface area contributed by atoms with Gasteiger partial charge in [-0.2, -0.15) is 4.57 Å². The lowest BCUT2D eigenvalue weighted by Crippen LogP contribution is -2.28. The highest BCUT2D eigenvalue weighted by atomic mass is 16.6. The maximum absolute atomic E-state index is 10.5. The largest absolute Gasteiger partial charge is 0.508 e. The van der Waals surface area contributed by atoms with E-state index in [1.54, 1.807) is 41.2 Å². The number of rotatable bonds is 2. The lowest BCUT2D eigenvalue weighted by Gasteiger charge is -1.95. The topological polar surface area (TPSA) is 67.2 Å². The molecule has 1 N–H and O–H groups in total. The Labute approximate surface area is 91.4 Å². The van der Waals surface area contributed by atoms with Crippen molar-refractivity contribution >= 4 is 5.69 Å². The van der Waals surface area contributed by atoms with Gasteiger partial charge in [-0.1, -0.05) is 0 Å². The van der Waals surface area contributed by atoms with Gasteiger partial charge in [-0.15, -0.1) is 0 Å². The van der Waals surface area contributed by atoms with Gasteiger partial charge in [0.2, 0.25) is 5.69 Å². The molecule has 0 bridgehead atoms. The van der Waals surface area contributed by atoms with Crippen LogP contribution in [0.2, 0.25) is 0 Å². The monoisotopic (exact) mass is 217 g/mol. The van der Waals surface area contributed by atoms with Crippen LogP contribution in [0.1, 0.15) is 0 Å². The summed E-state index contributed by atoms with van der Waals surface area (Å²) < 4.78 is 1.73. The molecule has 1 aromatic heterocycles. The predicted molar refractivity (Wildman–Crippen MR) is 56.3 cm³/mol. The number of phenols is 1. The molecule has 0 aliphatic rings. The molecule has 1 heterocycles. The van der Waals surface area contributed by atoms with Crippen molar-refractivity contribution in [3.05, 3.63) is 58.9 Å². The molecular formula is C11H9N2O3+. The average molecular weight is 217 g/mol. The highest BCUT2D eigenvalue weighted by Gasteiger charge is 2.10. The molecule has 0 atom stereocenters. The zero-order valence-electron chi connectivity index (χ0n) is 8.28. The second-order valence-electron chi connectivity index (χ2n) is 3.24. The first-order valence-electron chi connectivity index (χ1n) is 4.62. The SMILES string of the molecule is O=[N+]([O-])c1cc[n+](-c2ccc(O)cc2)cc1. The lowest BCUT2D eigenvalue weighted by atomic mass is 10.3. The summed E-state index contributed by atoms with van der Waals surface area (Å²) in [6.45, 7) is 0. The summed E-state index contributed by atoms with van der Waals surface area (Å²) in [5.41, 5.74) is 0.878. The zero-order valence-corrected chi connectivity index (χ0v) is 8.28. The van der Waals surface area contributed by atoms with Crippen LogP contribution in [0.4, 0.5) is 5.69 Å². The second kappa shape index (κ2) is 3.98. The third-order valence-corrected chi connectivity index (χ3v) is 2.17. The van der Waals surface area contributed by atoms with Crippen molar-refractivity contribution in [2.24, 2.45) is 0 Å². The third-order valence-electron chi connectivity index (χ3n) is 2.17. The minimum atomic E-state index is -0.443. The molecule has 0 aliphatic heterocycles. The lowest BCUT2D eigenvalue weighted by molar-refractivity contribution is -0.596. The molecule has 1 aromatic carbocycles. The number of phenolic OH excluding ortho intramolecular Hbond substituents is 1. The molecule has 2 rings (SSSR count). The van der Waals surface area contributed by atoms with Crippen molar-refractivity contribution in [2.45, 2.75) is 0 Å². The molecule has 0 radical (unpaired) electrons. The minimum absolute atomic E-state index is 0.0510. The summed E-state index contributed by atoms with van der Waals surface area (Å²) >= 11 is 0. The first-order chi connectivity index (χ1) is 7.66. The van der Waals surface area contributed by atoms with E-state index in [-0.39, 0.29) is 11.4 Å². The number of benzene rings is 1. The third kappa shape index (κ3) is 1.98. The van der Waals surface area contributed by atoms with E-state index in [1.807, 2.05) is 0 Å². The van der Waals surface area contributed by atoms with Crippen molar-refractivity contribution in [3.63, 3.8) is 0 Å². The van der Waals surface area contributed by atoms with Gasteiger partial charge < -0.3 is 5.11 Å². The molecule has 5 nitrogen and oxygen atoms in total. The Bertz CT molecular complexity index is 506. The molecule has 0 unspecified atom stereocenters. The molecule has 0 spiro atoms. The van der Waals surface area contributed by atoms with Gasteiger partial charge in [0.1, 0.15) is 5.75 Å². The maximum atomic E-state index is 10.5. The fourth-order valence-electron chi connectivity index (χ4n) is 1.34. The van der Waals surface area contributed by atoms with Gasteiger partial charge in [-0.3, -0.25) is 10.1 Å². The van der Waals surface area contributed by atoms with E-state index in [0.717, 1.165) is 5.69 Å². The summed E-state index contributed by atoms with van der Waals surface area (Å²) in [6.07, 6.45) is 3.20. The van der Waals surface area contributed by atoms with E-state index in [2.05, 4.69) is 0 Å². The molecule has 16 heavy (non-hydrogen) atoms. The van der Waals surface area contributed by atoms with E-state index in [0.29, 0.717) is 0 Å². The zero-order chi connectivity index (χ0) is 11.5. The first kappa shape index (κ1) is 10.1. The Morgan fingerprint density at radius 1 is 1.06 bits per heavy atom. The number of nitrogens with zero attached hydrogens (tertiary/aromatic N) is 2. The van der Waals surface area contributed by atoms with Gasteiger partial charge in [-0.25, -0.2) is 0 Å². The first-order valence-corrected chi connectivity index (χ1v) is 4.62. The van der Waals surface area contributed by atoms with E-state index in [9.17, 15) is 10.1 Å². The van der Waals surface area contributed by atoms with Crippen LogP contribution in [0.3, 0.4) is 0 Å². The van der Waals surface area contributed by atoms with Crippen molar-refractivity contribution < 1.29 is 14.6 Å². The summed E-state index contributed by atoms with van der Waals surface area (Å²) in [4.78, 5) is 10.0. The van der Waals surface area contributed by atoms with Crippen LogP contribution in [0.15, 0.2) is 48.8 Å². The van der Waals surface area contributed by atoms with Crippen molar-refractivity contribution in [1.82, 2.24) is 0 Å². The van der Waals surface area contributed by atoms with Crippen molar-refractivity contribution in [2.75, 3.05) is 0 Å². The van der Waals surface area contributed by atoms with Gasteiger partial charge >= 0.3 is 0 Å². The predicted octanol–water partition coefficient (Wildman–Crippen LogP) is 1.58. The van der Waals surface area contributed by atoms with Gasteiger partial charge in [0, 0.05) is 12.1 Å². The van der Waals surface area contributed by atoms with Gasteiger partial charge in [0.15, 0.2) is 12.4 Å². The fraction of sp³-hybridized carbons (Fsp3) is 0. The summed E-state index contributed by atoms with van der Waals surface area (Å²) in [6, 6.07) is 9.41. The standard InChI is InChI=1S/C11H8N2O3/c14-11-3-1-9(2-4-11)12-7-5-10(6-8-12)13(15)16/h1-8H/p+1. The van der Waals surface area contributed by atoms with Crippen LogP contribution in [-0.4, -0.2) is 10.0 Å². The molecule has 5 heteroatoms. The van der Waals surface area contributed by atoms with E-state index < -0.39 is 4.92 Å². The molecule has 0 fully saturated rings. The van der Waals surface area contributed by atoms with Crippen LogP contribution in [0.5, 0.6) is 5.75 Å². The maximum Gasteiger partial charge on any atom is 0.281 e. The van der Waals surface area contributed by atoms with Crippen LogP contribution in [0, 0.1) is 10.1 Å². The minimum Gasteiger partial charge on any atom is -0.508 e. The van der Waals surface area contributed by atoms with E-state index in [1.165, 1.54) is 12.1 Å². The Kier molecular flexibility index (Phi) is 2.51. The van der Waals surface area contributed by atoms with Crippen LogP contribution < -0.4 is 4.57 Å². The van der Waals surface area contributed by atoms with Crippen molar-refractivity contribution in [3.8, 4) is 11.4 Å². The second-order valence-corrected chi connectivity index (χ2v) is 3.24. The Morgan fingerprint density at radius 2 is 1.62 bits per heavy atom.